The minimum atomic E-state index is -0.458. The van der Waals surface area contributed by atoms with Crippen LogP contribution < -0.4 is 0 Å². The summed E-state index contributed by atoms with van der Waals surface area (Å²) in [5, 5.41) is 12.0. The highest BCUT2D eigenvalue weighted by atomic mass is 35.5. The Bertz CT molecular complexity index is 791. The van der Waals surface area contributed by atoms with E-state index in [1.165, 1.54) is 17.8 Å². The summed E-state index contributed by atoms with van der Waals surface area (Å²) < 4.78 is 0. The molecule has 0 aliphatic carbocycles. The first-order valence-electron chi connectivity index (χ1n) is 7.56. The lowest BCUT2D eigenvalue weighted by atomic mass is 10.2. The molecule has 0 aromatic heterocycles. The molecule has 1 amide bonds. The third-order valence-electron chi connectivity index (χ3n) is 3.85. The van der Waals surface area contributed by atoms with Crippen LogP contribution in [0.2, 0.25) is 5.02 Å². The number of nitro groups is 1. The molecule has 124 valence electrons. The van der Waals surface area contributed by atoms with Crippen molar-refractivity contribution in [1.82, 2.24) is 4.90 Å². The van der Waals surface area contributed by atoms with E-state index in [1.54, 1.807) is 35.2 Å². The fraction of sp³-hybridized carbons (Fsp3) is 0.235. The summed E-state index contributed by atoms with van der Waals surface area (Å²) in [5.74, 6) is -0.148. The normalized spacial score (nSPS) is 14.0. The molecule has 24 heavy (non-hydrogen) atoms. The monoisotopic (exact) mass is 362 g/mol. The van der Waals surface area contributed by atoms with E-state index in [1.807, 2.05) is 6.07 Å². The molecule has 0 N–H and O–H groups in total. The summed E-state index contributed by atoms with van der Waals surface area (Å²) in [6, 6.07) is 11.8. The maximum Gasteiger partial charge on any atom is 0.284 e. The second kappa shape index (κ2) is 7.23. The number of carbonyl (C=O) groups excluding carboxylic acids is 1. The van der Waals surface area contributed by atoms with Crippen LogP contribution >= 0.6 is 23.4 Å². The Morgan fingerprint density at radius 1 is 1.12 bits per heavy atom. The van der Waals surface area contributed by atoms with Crippen LogP contribution in [0, 0.1) is 10.1 Å². The molecule has 0 radical (unpaired) electrons. The van der Waals surface area contributed by atoms with Crippen molar-refractivity contribution in [2.24, 2.45) is 0 Å². The highest BCUT2D eigenvalue weighted by Gasteiger charge is 2.23. The van der Waals surface area contributed by atoms with Gasteiger partial charge in [-0.2, -0.15) is 0 Å². The average molecular weight is 363 g/mol. The van der Waals surface area contributed by atoms with E-state index in [4.69, 9.17) is 11.6 Å². The van der Waals surface area contributed by atoms with Gasteiger partial charge < -0.3 is 4.90 Å². The van der Waals surface area contributed by atoms with Gasteiger partial charge in [0.1, 0.15) is 0 Å². The predicted molar refractivity (Wildman–Crippen MR) is 93.8 cm³/mol. The Labute approximate surface area is 148 Å². The molecule has 0 bridgehead atoms. The average Bonchev–Trinajstić information content (AvgIpc) is 3.11. The lowest BCUT2D eigenvalue weighted by Gasteiger charge is -2.15. The number of rotatable bonds is 4. The summed E-state index contributed by atoms with van der Waals surface area (Å²) in [5.41, 5.74) is 0.275. The highest BCUT2D eigenvalue weighted by molar-refractivity contribution is 7.99. The summed E-state index contributed by atoms with van der Waals surface area (Å²) in [6.45, 7) is 1.42. The number of nitro benzene ring substituents is 1. The lowest BCUT2D eigenvalue weighted by molar-refractivity contribution is -0.387. The van der Waals surface area contributed by atoms with Crippen molar-refractivity contribution in [3.05, 3.63) is 63.2 Å². The van der Waals surface area contributed by atoms with Gasteiger partial charge >= 0.3 is 0 Å². The van der Waals surface area contributed by atoms with Crippen LogP contribution in [0.1, 0.15) is 23.2 Å². The molecule has 5 nitrogen and oxygen atoms in total. The molecule has 0 saturated carbocycles. The van der Waals surface area contributed by atoms with Gasteiger partial charge in [-0.1, -0.05) is 35.5 Å². The molecular formula is C17H15ClN2O3S. The van der Waals surface area contributed by atoms with E-state index in [-0.39, 0.29) is 11.6 Å². The lowest BCUT2D eigenvalue weighted by Crippen LogP contribution is -2.27. The second-order valence-electron chi connectivity index (χ2n) is 5.47. The van der Waals surface area contributed by atoms with Crippen molar-refractivity contribution in [2.45, 2.75) is 22.6 Å². The molecule has 1 aliphatic heterocycles. The zero-order valence-electron chi connectivity index (χ0n) is 12.8. The number of benzene rings is 2. The van der Waals surface area contributed by atoms with Crippen LogP contribution in [-0.4, -0.2) is 28.8 Å². The first kappa shape index (κ1) is 16.8. The summed E-state index contributed by atoms with van der Waals surface area (Å²) in [6.07, 6.45) is 1.96. The maximum absolute atomic E-state index is 12.4. The Morgan fingerprint density at radius 2 is 1.83 bits per heavy atom. The Balaban J connectivity index is 1.91. The van der Waals surface area contributed by atoms with Crippen molar-refractivity contribution < 1.29 is 9.72 Å². The molecule has 1 aliphatic rings. The maximum atomic E-state index is 12.4. The van der Waals surface area contributed by atoms with E-state index >= 15 is 0 Å². The number of halogens is 1. The minimum absolute atomic E-state index is 0.0787. The third kappa shape index (κ3) is 3.55. The number of amides is 1. The third-order valence-corrected chi connectivity index (χ3v) is 5.44. The van der Waals surface area contributed by atoms with Gasteiger partial charge in [0, 0.05) is 29.6 Å². The second-order valence-corrected chi connectivity index (χ2v) is 6.96. The number of hydrogen-bond donors (Lipinski definition) is 0. The van der Waals surface area contributed by atoms with Crippen molar-refractivity contribution in [3.63, 3.8) is 0 Å². The summed E-state index contributed by atoms with van der Waals surface area (Å²) >= 11 is 7.35. The van der Waals surface area contributed by atoms with E-state index in [0.29, 0.717) is 28.6 Å². The molecule has 3 rings (SSSR count). The van der Waals surface area contributed by atoms with E-state index < -0.39 is 4.92 Å². The summed E-state index contributed by atoms with van der Waals surface area (Å²) in [4.78, 5) is 26.3. The molecule has 2 aromatic carbocycles. The van der Waals surface area contributed by atoms with Gasteiger partial charge in [-0.3, -0.25) is 14.9 Å². The van der Waals surface area contributed by atoms with Crippen molar-refractivity contribution >= 4 is 35.0 Å². The SMILES string of the molecule is O=C(c1ccc(Sc2ccccc2Cl)c([N+](=O)[O-])c1)N1CCCC1. The van der Waals surface area contributed by atoms with E-state index in [0.717, 1.165) is 17.7 Å². The van der Waals surface area contributed by atoms with Crippen LogP contribution in [0.15, 0.2) is 52.3 Å². The van der Waals surface area contributed by atoms with Gasteiger partial charge in [0.05, 0.1) is 14.8 Å². The quantitative estimate of drug-likeness (QED) is 0.587. The topological polar surface area (TPSA) is 63.4 Å². The molecule has 0 atom stereocenters. The minimum Gasteiger partial charge on any atom is -0.339 e. The Kier molecular flexibility index (Phi) is 5.06. The summed E-state index contributed by atoms with van der Waals surface area (Å²) in [7, 11) is 0. The zero-order valence-corrected chi connectivity index (χ0v) is 14.3. The van der Waals surface area contributed by atoms with Crippen LogP contribution in [0.3, 0.4) is 0 Å². The molecule has 0 unspecified atom stereocenters. The van der Waals surface area contributed by atoms with Crippen LogP contribution in [-0.2, 0) is 0 Å². The van der Waals surface area contributed by atoms with E-state index in [2.05, 4.69) is 0 Å². The highest BCUT2D eigenvalue weighted by Crippen LogP contribution is 2.38. The van der Waals surface area contributed by atoms with Crippen LogP contribution in [0.25, 0.3) is 0 Å². The fourth-order valence-corrected chi connectivity index (χ4v) is 3.80. The van der Waals surface area contributed by atoms with Gasteiger partial charge in [-0.25, -0.2) is 0 Å². The largest absolute Gasteiger partial charge is 0.339 e. The number of hydrogen-bond acceptors (Lipinski definition) is 4. The molecule has 7 heteroatoms. The van der Waals surface area contributed by atoms with Crippen molar-refractivity contribution in [1.29, 1.82) is 0 Å². The molecule has 2 aromatic rings. The smallest absolute Gasteiger partial charge is 0.284 e. The first-order valence-corrected chi connectivity index (χ1v) is 8.76. The van der Waals surface area contributed by atoms with Crippen LogP contribution in [0.4, 0.5) is 5.69 Å². The Morgan fingerprint density at radius 3 is 2.50 bits per heavy atom. The number of nitrogens with zero attached hydrogens (tertiary/aromatic N) is 2. The number of carbonyl (C=O) groups is 1. The molecule has 0 spiro atoms. The van der Waals surface area contributed by atoms with Crippen molar-refractivity contribution in [3.8, 4) is 0 Å². The molecular weight excluding hydrogens is 348 g/mol. The van der Waals surface area contributed by atoms with Gasteiger partial charge in [0.15, 0.2) is 0 Å². The van der Waals surface area contributed by atoms with Gasteiger partial charge in [-0.05, 0) is 37.1 Å². The number of likely N-dealkylation sites (tertiary alicyclic amines) is 1. The predicted octanol–water partition coefficient (Wildman–Crippen LogP) is 4.64. The van der Waals surface area contributed by atoms with Crippen molar-refractivity contribution in [2.75, 3.05) is 13.1 Å². The van der Waals surface area contributed by atoms with E-state index in [9.17, 15) is 14.9 Å². The first-order chi connectivity index (χ1) is 11.6. The molecule has 1 fully saturated rings. The van der Waals surface area contributed by atoms with Gasteiger partial charge in [0.2, 0.25) is 0 Å². The fourth-order valence-electron chi connectivity index (χ4n) is 2.63. The van der Waals surface area contributed by atoms with Gasteiger partial charge in [0.25, 0.3) is 11.6 Å². The Hall–Kier alpha value is -2.05. The standard InChI is InChI=1S/C17H15ClN2O3S/c18-13-5-1-2-6-15(13)24-16-8-7-12(11-14(16)20(22)23)17(21)19-9-3-4-10-19/h1-2,5-8,11H,3-4,9-10H2. The van der Waals surface area contributed by atoms with Crippen LogP contribution in [0.5, 0.6) is 0 Å². The zero-order chi connectivity index (χ0) is 17.1. The molecule has 1 saturated heterocycles. The van der Waals surface area contributed by atoms with Gasteiger partial charge in [-0.15, -0.1) is 0 Å². The molecule has 1 heterocycles.